The number of nitrogens with zero attached hydrogens (tertiary/aromatic N) is 1. The van der Waals surface area contributed by atoms with E-state index in [2.05, 4.69) is 5.32 Å². The molecular formula is C20H19FN2O4S. The average molecular weight is 402 g/mol. The van der Waals surface area contributed by atoms with Crippen molar-refractivity contribution in [2.75, 3.05) is 19.0 Å². The van der Waals surface area contributed by atoms with Crippen LogP contribution in [-0.2, 0) is 25.7 Å². The van der Waals surface area contributed by atoms with Crippen molar-refractivity contribution in [3.63, 3.8) is 0 Å². The summed E-state index contributed by atoms with van der Waals surface area (Å²) < 4.78 is 18.0. The lowest BCUT2D eigenvalue weighted by atomic mass is 10.2. The number of para-hydroxylation sites is 1. The number of rotatable bonds is 6. The van der Waals surface area contributed by atoms with Gasteiger partial charge in [0.25, 0.3) is 5.91 Å². The number of fused-ring (bicyclic) bond motifs is 1. The summed E-state index contributed by atoms with van der Waals surface area (Å²) in [5.41, 5.74) is 1.48. The summed E-state index contributed by atoms with van der Waals surface area (Å²) in [4.78, 5) is 38.6. The Balaban J connectivity index is 1.46. The zero-order chi connectivity index (χ0) is 20.1. The Kier molecular flexibility index (Phi) is 6.30. The zero-order valence-electron chi connectivity index (χ0n) is 15.2. The van der Waals surface area contributed by atoms with Crippen molar-refractivity contribution in [2.45, 2.75) is 23.1 Å². The van der Waals surface area contributed by atoms with Gasteiger partial charge in [-0.1, -0.05) is 24.3 Å². The van der Waals surface area contributed by atoms with Crippen LogP contribution in [0.2, 0.25) is 0 Å². The molecule has 146 valence electrons. The van der Waals surface area contributed by atoms with Gasteiger partial charge in [0.15, 0.2) is 6.61 Å². The number of carbonyl (C=O) groups is 3. The van der Waals surface area contributed by atoms with Gasteiger partial charge in [0.1, 0.15) is 5.82 Å². The van der Waals surface area contributed by atoms with Gasteiger partial charge in [-0.15, -0.1) is 11.8 Å². The topological polar surface area (TPSA) is 75.7 Å². The summed E-state index contributed by atoms with van der Waals surface area (Å²) in [6.07, 6.45) is -0.125. The van der Waals surface area contributed by atoms with Crippen molar-refractivity contribution in [3.8, 4) is 0 Å². The molecule has 28 heavy (non-hydrogen) atoms. The Labute approximate surface area is 166 Å². The second-order valence-corrected chi connectivity index (χ2v) is 7.58. The van der Waals surface area contributed by atoms with E-state index in [-0.39, 0.29) is 30.6 Å². The number of esters is 1. The molecule has 1 atom stereocenters. The molecule has 0 spiro atoms. The minimum Gasteiger partial charge on any atom is -0.456 e. The van der Waals surface area contributed by atoms with Gasteiger partial charge in [0.2, 0.25) is 5.91 Å². The molecule has 8 heteroatoms. The molecule has 1 heterocycles. The van der Waals surface area contributed by atoms with E-state index in [1.807, 2.05) is 18.2 Å². The van der Waals surface area contributed by atoms with E-state index in [0.29, 0.717) is 0 Å². The maximum atomic E-state index is 12.9. The van der Waals surface area contributed by atoms with Crippen LogP contribution in [0.1, 0.15) is 12.0 Å². The summed E-state index contributed by atoms with van der Waals surface area (Å²) in [7, 11) is 1.57. The monoisotopic (exact) mass is 402 g/mol. The lowest BCUT2D eigenvalue weighted by Gasteiger charge is -2.23. The molecule has 0 bridgehead atoms. The van der Waals surface area contributed by atoms with Crippen LogP contribution in [0.3, 0.4) is 0 Å². The molecule has 0 unspecified atom stereocenters. The minimum absolute atomic E-state index is 0.125. The Morgan fingerprint density at radius 3 is 2.64 bits per heavy atom. The van der Waals surface area contributed by atoms with Crippen molar-refractivity contribution in [1.29, 1.82) is 0 Å². The van der Waals surface area contributed by atoms with Crippen LogP contribution in [-0.4, -0.2) is 41.6 Å². The maximum Gasteiger partial charge on any atom is 0.307 e. The smallest absolute Gasteiger partial charge is 0.307 e. The third-order valence-corrected chi connectivity index (χ3v) is 5.45. The Bertz CT molecular complexity index is 888. The van der Waals surface area contributed by atoms with Gasteiger partial charge in [0, 0.05) is 18.5 Å². The summed E-state index contributed by atoms with van der Waals surface area (Å²) in [6.45, 7) is -0.138. The number of likely N-dealkylation sites (N-methyl/N-ethyl adjacent to an activating group) is 1. The summed E-state index contributed by atoms with van der Waals surface area (Å²) in [5.74, 6) is -1.61. The van der Waals surface area contributed by atoms with Crippen LogP contribution in [0.25, 0.3) is 0 Å². The molecule has 2 aromatic rings. The van der Waals surface area contributed by atoms with Crippen LogP contribution < -0.4 is 5.32 Å². The third kappa shape index (κ3) is 5.10. The predicted molar refractivity (Wildman–Crippen MR) is 103 cm³/mol. The molecule has 2 amide bonds. The molecule has 1 N–H and O–H groups in total. The van der Waals surface area contributed by atoms with Crippen molar-refractivity contribution < 1.29 is 23.5 Å². The second kappa shape index (κ2) is 8.88. The van der Waals surface area contributed by atoms with Crippen LogP contribution in [0.4, 0.5) is 10.1 Å². The largest absolute Gasteiger partial charge is 0.456 e. The highest BCUT2D eigenvalue weighted by atomic mass is 32.2. The van der Waals surface area contributed by atoms with Gasteiger partial charge < -0.3 is 15.0 Å². The van der Waals surface area contributed by atoms with Crippen LogP contribution in [0.5, 0.6) is 0 Å². The van der Waals surface area contributed by atoms with E-state index >= 15 is 0 Å². The molecule has 0 aliphatic carbocycles. The lowest BCUT2D eigenvalue weighted by molar-refractivity contribution is -0.152. The van der Waals surface area contributed by atoms with E-state index in [1.54, 1.807) is 25.2 Å². The molecule has 0 aromatic heterocycles. The molecule has 2 aromatic carbocycles. The van der Waals surface area contributed by atoms with Crippen LogP contribution in [0, 0.1) is 5.82 Å². The van der Waals surface area contributed by atoms with Gasteiger partial charge in [-0.05, 0) is 29.8 Å². The number of anilines is 1. The molecular weight excluding hydrogens is 383 g/mol. The summed E-state index contributed by atoms with van der Waals surface area (Å²) in [6, 6.07) is 13.1. The molecule has 0 fully saturated rings. The summed E-state index contributed by atoms with van der Waals surface area (Å²) >= 11 is 1.30. The first-order valence-corrected chi connectivity index (χ1v) is 9.51. The molecule has 0 saturated carbocycles. The first kappa shape index (κ1) is 19.9. The van der Waals surface area contributed by atoms with Crippen LogP contribution in [0.15, 0.2) is 53.4 Å². The normalized spacial score (nSPS) is 15.4. The highest BCUT2D eigenvalue weighted by molar-refractivity contribution is 8.01. The van der Waals surface area contributed by atoms with E-state index in [4.69, 9.17) is 4.74 Å². The van der Waals surface area contributed by atoms with E-state index in [9.17, 15) is 18.8 Å². The standard InChI is InChI=1S/C20H19FN2O4S/c1-23(11-13-6-8-14(21)9-7-13)18(24)12-27-19(25)10-17-20(26)22-15-4-2-3-5-16(15)28-17/h2-9,17H,10-12H2,1H3,(H,22,26)/t17-/m0/s1. The fraction of sp³-hybridized carbons (Fsp3) is 0.250. The fourth-order valence-electron chi connectivity index (χ4n) is 2.64. The molecule has 1 aliphatic rings. The van der Waals surface area contributed by atoms with E-state index in [1.165, 1.54) is 28.8 Å². The highest BCUT2D eigenvalue weighted by Crippen LogP contribution is 2.36. The van der Waals surface area contributed by atoms with Crippen molar-refractivity contribution in [3.05, 3.63) is 59.9 Å². The Morgan fingerprint density at radius 1 is 1.18 bits per heavy atom. The van der Waals surface area contributed by atoms with Crippen molar-refractivity contribution >= 4 is 35.2 Å². The number of ether oxygens (including phenoxy) is 1. The number of halogens is 1. The van der Waals surface area contributed by atoms with Gasteiger partial charge in [-0.2, -0.15) is 0 Å². The number of benzene rings is 2. The number of hydrogen-bond acceptors (Lipinski definition) is 5. The SMILES string of the molecule is CN(Cc1ccc(F)cc1)C(=O)COC(=O)C[C@@H]1Sc2ccccc2NC1=O. The van der Waals surface area contributed by atoms with Crippen molar-refractivity contribution in [2.24, 2.45) is 0 Å². The van der Waals surface area contributed by atoms with E-state index < -0.39 is 17.8 Å². The quantitative estimate of drug-likeness (QED) is 0.752. The maximum absolute atomic E-state index is 12.9. The molecule has 1 aliphatic heterocycles. The Morgan fingerprint density at radius 2 is 1.89 bits per heavy atom. The number of thioether (sulfide) groups is 1. The van der Waals surface area contributed by atoms with Gasteiger partial charge in [-0.25, -0.2) is 4.39 Å². The van der Waals surface area contributed by atoms with E-state index in [0.717, 1.165) is 16.1 Å². The number of amides is 2. The van der Waals surface area contributed by atoms with Crippen LogP contribution >= 0.6 is 11.8 Å². The lowest BCUT2D eigenvalue weighted by Crippen LogP contribution is -2.33. The highest BCUT2D eigenvalue weighted by Gasteiger charge is 2.29. The molecule has 0 saturated heterocycles. The number of carbonyl (C=O) groups excluding carboxylic acids is 3. The molecule has 3 rings (SSSR count). The zero-order valence-corrected chi connectivity index (χ0v) is 16.0. The first-order valence-electron chi connectivity index (χ1n) is 8.63. The second-order valence-electron chi connectivity index (χ2n) is 6.33. The fourth-order valence-corrected chi connectivity index (χ4v) is 3.74. The molecule has 0 radical (unpaired) electrons. The van der Waals surface area contributed by atoms with Gasteiger partial charge in [-0.3, -0.25) is 14.4 Å². The first-order chi connectivity index (χ1) is 13.4. The minimum atomic E-state index is -0.615. The average Bonchev–Trinajstić information content (AvgIpc) is 2.68. The summed E-state index contributed by atoms with van der Waals surface area (Å²) in [5, 5.41) is 2.16. The third-order valence-electron chi connectivity index (χ3n) is 4.17. The van der Waals surface area contributed by atoms with Gasteiger partial charge >= 0.3 is 5.97 Å². The Hall–Kier alpha value is -2.87. The van der Waals surface area contributed by atoms with Crippen molar-refractivity contribution in [1.82, 2.24) is 4.90 Å². The molecule has 6 nitrogen and oxygen atoms in total. The predicted octanol–water partition coefficient (Wildman–Crippen LogP) is 2.83. The number of nitrogens with one attached hydrogen (secondary N) is 1. The number of hydrogen-bond donors (Lipinski definition) is 1. The van der Waals surface area contributed by atoms with Gasteiger partial charge in [0.05, 0.1) is 17.4 Å².